The number of fused-ring (bicyclic) bond motifs is 3. The number of nitrogens with one attached hydrogen (secondary N) is 1. The molecule has 0 saturated heterocycles. The number of rotatable bonds is 0. The molecule has 1 unspecified atom stereocenters. The molecule has 0 bridgehead atoms. The predicted molar refractivity (Wildman–Crippen MR) is 95.3 cm³/mol. The maximum atomic E-state index is 9.96. The molecule has 0 amide bonds. The molecule has 1 saturated carbocycles. The fraction of sp³-hybridized carbons (Fsp3) is 0.529. The second kappa shape index (κ2) is 4.86. The van der Waals surface area contributed by atoms with Crippen molar-refractivity contribution in [2.75, 3.05) is 0 Å². The zero-order valence-electron chi connectivity index (χ0n) is 12.5. The lowest BCUT2D eigenvalue weighted by molar-refractivity contribution is 0.0154. The van der Waals surface area contributed by atoms with Gasteiger partial charge in [-0.15, -0.1) is 0 Å². The van der Waals surface area contributed by atoms with E-state index in [0.717, 1.165) is 47.3 Å². The lowest BCUT2D eigenvalue weighted by Gasteiger charge is -2.46. The van der Waals surface area contributed by atoms with E-state index in [-0.39, 0.29) is 11.5 Å². The average Bonchev–Trinajstić information content (AvgIpc) is 2.92. The molecule has 1 aliphatic heterocycles. The zero-order valence-corrected chi connectivity index (χ0v) is 14.9. The summed E-state index contributed by atoms with van der Waals surface area (Å²) in [4.78, 5) is 5.81. The Morgan fingerprint density at radius 3 is 2.73 bits per heavy atom. The Hall–Kier alpha value is -0.780. The molecule has 3 nitrogen and oxygen atoms in total. The van der Waals surface area contributed by atoms with Gasteiger partial charge in [0.15, 0.2) is 5.66 Å². The van der Waals surface area contributed by atoms with Gasteiger partial charge in [-0.3, -0.25) is 4.99 Å². The quantitative estimate of drug-likeness (QED) is 0.679. The van der Waals surface area contributed by atoms with Crippen molar-refractivity contribution in [2.45, 2.75) is 50.8 Å². The third-order valence-electron chi connectivity index (χ3n) is 5.63. The molecule has 1 fully saturated rings. The number of hydrogen-bond donors (Lipinski definition) is 2. The van der Waals surface area contributed by atoms with Crippen molar-refractivity contribution in [2.24, 2.45) is 10.4 Å². The predicted octanol–water partition coefficient (Wildman–Crippen LogP) is 3.47. The van der Waals surface area contributed by atoms with Crippen LogP contribution in [0.15, 0.2) is 27.7 Å². The van der Waals surface area contributed by atoms with E-state index in [1.807, 2.05) is 6.92 Å². The molecule has 2 spiro atoms. The smallest absolute Gasteiger partial charge is 0.162 e. The summed E-state index contributed by atoms with van der Waals surface area (Å²) in [6.07, 6.45) is 4.49. The van der Waals surface area contributed by atoms with Crippen LogP contribution < -0.4 is 5.32 Å². The van der Waals surface area contributed by atoms with Crippen molar-refractivity contribution in [1.29, 1.82) is 0 Å². The number of thiocarbonyl (C=S) groups is 1. The van der Waals surface area contributed by atoms with E-state index in [1.54, 1.807) is 0 Å². The van der Waals surface area contributed by atoms with Crippen molar-refractivity contribution < 1.29 is 5.11 Å². The van der Waals surface area contributed by atoms with Gasteiger partial charge < -0.3 is 10.4 Å². The third-order valence-corrected chi connectivity index (χ3v) is 6.52. The number of hydrogen-bond acceptors (Lipinski definition) is 3. The number of benzene rings is 1. The standard InChI is InChI=1S/C17H19BrN2OS/c1-10-15(22)20-17(19-10)14-8-12(18)3-2-11(14)9-16(17)6-4-13(21)5-7-16/h2-3,8,13,21H,4-7,9H2,1H3,(H,20,22). The minimum Gasteiger partial charge on any atom is -0.393 e. The molecular formula is C17H19BrN2OS. The number of aliphatic hydroxyl groups excluding tert-OH is 1. The number of nitrogens with zero attached hydrogens (tertiary/aromatic N) is 1. The first kappa shape index (κ1) is 14.8. The zero-order chi connectivity index (χ0) is 15.5. The van der Waals surface area contributed by atoms with Crippen molar-refractivity contribution in [3.63, 3.8) is 0 Å². The number of halogens is 1. The normalized spacial score (nSPS) is 36.6. The van der Waals surface area contributed by atoms with Crippen LogP contribution in [0, 0.1) is 5.41 Å². The fourth-order valence-corrected chi connectivity index (χ4v) is 5.03. The summed E-state index contributed by atoms with van der Waals surface area (Å²) in [5, 5.41) is 13.5. The average molecular weight is 379 g/mol. The maximum absolute atomic E-state index is 9.96. The molecule has 1 aromatic rings. The molecule has 1 atom stereocenters. The van der Waals surface area contributed by atoms with Crippen LogP contribution in [0.2, 0.25) is 0 Å². The van der Waals surface area contributed by atoms with Gasteiger partial charge in [0.2, 0.25) is 0 Å². The highest BCUT2D eigenvalue weighted by atomic mass is 79.9. The van der Waals surface area contributed by atoms with Crippen molar-refractivity contribution in [1.82, 2.24) is 5.32 Å². The lowest BCUT2D eigenvalue weighted by atomic mass is 9.65. The first-order valence-corrected chi connectivity index (χ1v) is 9.02. The first-order valence-electron chi connectivity index (χ1n) is 7.82. The lowest BCUT2D eigenvalue weighted by Crippen LogP contribution is -2.52. The number of aliphatic imine (C=N–C) groups is 1. The van der Waals surface area contributed by atoms with E-state index in [9.17, 15) is 5.11 Å². The van der Waals surface area contributed by atoms with E-state index < -0.39 is 5.66 Å². The molecule has 2 aliphatic carbocycles. The summed E-state index contributed by atoms with van der Waals surface area (Å²) >= 11 is 9.08. The van der Waals surface area contributed by atoms with Crippen LogP contribution in [0.1, 0.15) is 43.7 Å². The third kappa shape index (κ3) is 1.88. The summed E-state index contributed by atoms with van der Waals surface area (Å²) in [5.74, 6) is 0. The van der Waals surface area contributed by atoms with Gasteiger partial charge in [-0.25, -0.2) is 0 Å². The van der Waals surface area contributed by atoms with E-state index in [4.69, 9.17) is 17.2 Å². The van der Waals surface area contributed by atoms with Gasteiger partial charge >= 0.3 is 0 Å². The van der Waals surface area contributed by atoms with Crippen LogP contribution in [0.25, 0.3) is 0 Å². The Labute approximate surface area is 144 Å². The van der Waals surface area contributed by atoms with Crippen LogP contribution in [-0.4, -0.2) is 21.9 Å². The molecule has 4 rings (SSSR count). The molecule has 0 radical (unpaired) electrons. The first-order chi connectivity index (χ1) is 10.5. The molecule has 1 aromatic carbocycles. The van der Waals surface area contributed by atoms with E-state index >= 15 is 0 Å². The van der Waals surface area contributed by atoms with Gasteiger partial charge in [0.05, 0.1) is 11.8 Å². The number of aliphatic hydroxyl groups is 1. The van der Waals surface area contributed by atoms with Gasteiger partial charge in [0, 0.05) is 15.5 Å². The van der Waals surface area contributed by atoms with E-state index in [2.05, 4.69) is 39.4 Å². The van der Waals surface area contributed by atoms with Crippen molar-refractivity contribution >= 4 is 38.8 Å². The highest BCUT2D eigenvalue weighted by molar-refractivity contribution is 9.10. The molecule has 3 aliphatic rings. The molecule has 116 valence electrons. The van der Waals surface area contributed by atoms with Gasteiger partial charge in [0.25, 0.3) is 0 Å². The minimum atomic E-state index is -0.437. The van der Waals surface area contributed by atoms with Gasteiger partial charge in [-0.2, -0.15) is 0 Å². The minimum absolute atomic E-state index is 0.0250. The monoisotopic (exact) mass is 378 g/mol. The molecular weight excluding hydrogens is 360 g/mol. The summed E-state index contributed by atoms with van der Waals surface area (Å²) in [7, 11) is 0. The van der Waals surface area contributed by atoms with E-state index in [0.29, 0.717) is 0 Å². The van der Waals surface area contributed by atoms with Crippen molar-refractivity contribution in [3.8, 4) is 0 Å². The summed E-state index contributed by atoms with van der Waals surface area (Å²) < 4.78 is 1.07. The van der Waals surface area contributed by atoms with Crippen LogP contribution in [0.3, 0.4) is 0 Å². The highest BCUT2D eigenvalue weighted by Gasteiger charge is 2.60. The second-order valence-electron chi connectivity index (χ2n) is 6.85. The Balaban J connectivity index is 1.90. The van der Waals surface area contributed by atoms with Crippen LogP contribution in [0.4, 0.5) is 0 Å². The van der Waals surface area contributed by atoms with Crippen molar-refractivity contribution in [3.05, 3.63) is 33.8 Å². The Bertz CT molecular complexity index is 694. The molecule has 5 heteroatoms. The molecule has 2 N–H and O–H groups in total. The summed E-state index contributed by atoms with van der Waals surface area (Å²) in [5.41, 5.74) is 3.11. The van der Waals surface area contributed by atoms with Crippen LogP contribution in [-0.2, 0) is 12.1 Å². The topological polar surface area (TPSA) is 44.6 Å². The largest absolute Gasteiger partial charge is 0.393 e. The van der Waals surface area contributed by atoms with E-state index in [1.165, 1.54) is 11.1 Å². The maximum Gasteiger partial charge on any atom is 0.162 e. The second-order valence-corrected chi connectivity index (χ2v) is 8.18. The molecule has 1 heterocycles. The van der Waals surface area contributed by atoms with Crippen LogP contribution >= 0.6 is 28.1 Å². The molecule has 22 heavy (non-hydrogen) atoms. The Morgan fingerprint density at radius 1 is 1.36 bits per heavy atom. The summed E-state index contributed by atoms with van der Waals surface area (Å²) in [6, 6.07) is 6.49. The Morgan fingerprint density at radius 2 is 2.09 bits per heavy atom. The SMILES string of the molecule is CC1=NC2(NC1=S)c1cc(Br)ccc1CC21CCC(O)CC1. The van der Waals surface area contributed by atoms with Gasteiger partial charge in [-0.1, -0.05) is 34.2 Å². The van der Waals surface area contributed by atoms with Crippen LogP contribution in [0.5, 0.6) is 0 Å². The van der Waals surface area contributed by atoms with Gasteiger partial charge in [-0.05, 0) is 56.7 Å². The highest BCUT2D eigenvalue weighted by Crippen LogP contribution is 2.59. The Kier molecular flexibility index (Phi) is 3.26. The van der Waals surface area contributed by atoms with Gasteiger partial charge in [0.1, 0.15) is 4.99 Å². The fourth-order valence-electron chi connectivity index (χ4n) is 4.48. The summed E-state index contributed by atoms with van der Waals surface area (Å²) in [6.45, 7) is 1.99. The molecule has 0 aromatic heterocycles.